The van der Waals surface area contributed by atoms with E-state index in [9.17, 15) is 4.79 Å². The van der Waals surface area contributed by atoms with E-state index in [1.54, 1.807) is 12.3 Å². The van der Waals surface area contributed by atoms with Crippen LogP contribution in [0.4, 0.5) is 22.0 Å². The minimum absolute atomic E-state index is 0.448. The second-order valence-electron chi connectivity index (χ2n) is 6.05. The second-order valence-corrected chi connectivity index (χ2v) is 6.05. The maximum Gasteiger partial charge on any atom is 0.413 e. The van der Waals surface area contributed by atoms with E-state index in [0.717, 1.165) is 11.4 Å². The standard InChI is InChI=1S/C17H21N3O2/c1-12-6-5-7-13(10-12)19-14-8-9-15(18-11-14)20-16(21)22-17(2,3)4/h5-11,19H,1-4H3,(H,18,20,21). The van der Waals surface area contributed by atoms with Crippen molar-refractivity contribution in [1.29, 1.82) is 0 Å². The number of aryl methyl sites for hydroxylation is 1. The van der Waals surface area contributed by atoms with Crippen molar-refractivity contribution in [2.24, 2.45) is 0 Å². The molecule has 1 aromatic heterocycles. The van der Waals surface area contributed by atoms with Gasteiger partial charge in [-0.1, -0.05) is 12.1 Å². The second kappa shape index (κ2) is 6.47. The predicted octanol–water partition coefficient (Wildman–Crippen LogP) is 4.48. The van der Waals surface area contributed by atoms with Crippen LogP contribution in [0, 0.1) is 6.92 Å². The third-order valence-electron chi connectivity index (χ3n) is 2.70. The van der Waals surface area contributed by atoms with Crippen molar-refractivity contribution in [1.82, 2.24) is 4.98 Å². The van der Waals surface area contributed by atoms with Crippen LogP contribution in [0.3, 0.4) is 0 Å². The van der Waals surface area contributed by atoms with Gasteiger partial charge in [0, 0.05) is 5.69 Å². The molecule has 0 aliphatic heterocycles. The quantitative estimate of drug-likeness (QED) is 0.877. The highest BCUT2D eigenvalue weighted by Gasteiger charge is 2.16. The Morgan fingerprint density at radius 2 is 1.91 bits per heavy atom. The molecule has 0 bridgehead atoms. The Hall–Kier alpha value is -2.56. The van der Waals surface area contributed by atoms with Crippen molar-refractivity contribution in [3.05, 3.63) is 48.2 Å². The van der Waals surface area contributed by atoms with Gasteiger partial charge in [0.1, 0.15) is 11.4 Å². The van der Waals surface area contributed by atoms with Gasteiger partial charge in [-0.05, 0) is 57.5 Å². The zero-order valence-electron chi connectivity index (χ0n) is 13.3. The van der Waals surface area contributed by atoms with Gasteiger partial charge in [-0.25, -0.2) is 9.78 Å². The lowest BCUT2D eigenvalue weighted by atomic mass is 10.2. The smallest absolute Gasteiger partial charge is 0.413 e. The van der Waals surface area contributed by atoms with Crippen LogP contribution in [0.25, 0.3) is 0 Å². The Bertz CT molecular complexity index is 646. The van der Waals surface area contributed by atoms with E-state index in [1.807, 2.05) is 58.0 Å². The molecule has 0 spiro atoms. The number of benzene rings is 1. The maximum atomic E-state index is 11.7. The lowest BCUT2D eigenvalue weighted by molar-refractivity contribution is 0.0635. The Balaban J connectivity index is 1.97. The average molecular weight is 299 g/mol. The van der Waals surface area contributed by atoms with E-state index < -0.39 is 11.7 Å². The van der Waals surface area contributed by atoms with Crippen molar-refractivity contribution in [3.63, 3.8) is 0 Å². The first-order valence-corrected chi connectivity index (χ1v) is 7.11. The summed E-state index contributed by atoms with van der Waals surface area (Å²) in [5.74, 6) is 0.448. The van der Waals surface area contributed by atoms with Crippen LogP contribution < -0.4 is 10.6 Å². The molecule has 1 heterocycles. The molecule has 0 aliphatic carbocycles. The van der Waals surface area contributed by atoms with Gasteiger partial charge in [-0.15, -0.1) is 0 Å². The van der Waals surface area contributed by atoms with Crippen molar-refractivity contribution in [2.45, 2.75) is 33.3 Å². The molecular formula is C17H21N3O2. The first-order chi connectivity index (χ1) is 10.3. The molecule has 1 amide bonds. The minimum atomic E-state index is -0.531. The van der Waals surface area contributed by atoms with Crippen LogP contribution in [-0.2, 0) is 4.74 Å². The van der Waals surface area contributed by atoms with E-state index in [1.165, 1.54) is 5.56 Å². The van der Waals surface area contributed by atoms with Crippen LogP contribution in [0.1, 0.15) is 26.3 Å². The molecule has 5 nitrogen and oxygen atoms in total. The SMILES string of the molecule is Cc1cccc(Nc2ccc(NC(=O)OC(C)(C)C)nc2)c1. The van der Waals surface area contributed by atoms with Crippen LogP contribution in [0.15, 0.2) is 42.6 Å². The molecule has 2 N–H and O–H groups in total. The van der Waals surface area contributed by atoms with E-state index >= 15 is 0 Å². The molecule has 1 aromatic carbocycles. The molecule has 0 atom stereocenters. The minimum Gasteiger partial charge on any atom is -0.444 e. The molecular weight excluding hydrogens is 278 g/mol. The van der Waals surface area contributed by atoms with Gasteiger partial charge in [0.2, 0.25) is 0 Å². The third-order valence-corrected chi connectivity index (χ3v) is 2.70. The van der Waals surface area contributed by atoms with Gasteiger partial charge in [0.25, 0.3) is 0 Å². The summed E-state index contributed by atoms with van der Waals surface area (Å²) in [4.78, 5) is 15.8. The number of hydrogen-bond acceptors (Lipinski definition) is 4. The van der Waals surface area contributed by atoms with Gasteiger partial charge >= 0.3 is 6.09 Å². The first-order valence-electron chi connectivity index (χ1n) is 7.11. The highest BCUT2D eigenvalue weighted by Crippen LogP contribution is 2.18. The van der Waals surface area contributed by atoms with Crippen molar-refractivity contribution >= 4 is 23.3 Å². The normalized spacial score (nSPS) is 10.9. The molecule has 2 rings (SSSR count). The monoisotopic (exact) mass is 299 g/mol. The van der Waals surface area contributed by atoms with Gasteiger partial charge in [-0.3, -0.25) is 5.32 Å². The molecule has 0 radical (unpaired) electrons. The summed E-state index contributed by atoms with van der Waals surface area (Å²) in [5, 5.41) is 5.86. The molecule has 0 saturated heterocycles. The number of ether oxygens (including phenoxy) is 1. The number of nitrogens with one attached hydrogen (secondary N) is 2. The highest BCUT2D eigenvalue weighted by atomic mass is 16.6. The summed E-state index contributed by atoms with van der Waals surface area (Å²) in [6.45, 7) is 7.48. The van der Waals surface area contributed by atoms with Crippen LogP contribution >= 0.6 is 0 Å². The largest absolute Gasteiger partial charge is 0.444 e. The fourth-order valence-electron chi connectivity index (χ4n) is 1.84. The average Bonchev–Trinajstić information content (AvgIpc) is 2.39. The molecule has 116 valence electrons. The molecule has 22 heavy (non-hydrogen) atoms. The van der Waals surface area contributed by atoms with E-state index in [2.05, 4.69) is 15.6 Å². The number of hydrogen-bond donors (Lipinski definition) is 2. The summed E-state index contributed by atoms with van der Waals surface area (Å²) in [6.07, 6.45) is 1.15. The van der Waals surface area contributed by atoms with Gasteiger partial charge in [0.15, 0.2) is 0 Å². The third kappa shape index (κ3) is 5.09. The molecule has 0 unspecified atom stereocenters. The number of nitrogens with zero attached hydrogens (tertiary/aromatic N) is 1. The summed E-state index contributed by atoms with van der Waals surface area (Å²) < 4.78 is 5.18. The summed E-state index contributed by atoms with van der Waals surface area (Å²) in [5.41, 5.74) is 2.49. The molecule has 5 heteroatoms. The first kappa shape index (κ1) is 15.8. The number of carbonyl (C=O) groups excluding carboxylic acids is 1. The van der Waals surface area contributed by atoms with E-state index in [4.69, 9.17) is 4.74 Å². The van der Waals surface area contributed by atoms with Crippen LogP contribution in [0.2, 0.25) is 0 Å². The number of anilines is 3. The van der Waals surface area contributed by atoms with Crippen LogP contribution in [0.5, 0.6) is 0 Å². The highest BCUT2D eigenvalue weighted by molar-refractivity contribution is 5.83. The fourth-order valence-corrected chi connectivity index (χ4v) is 1.84. The Labute approximate surface area is 130 Å². The molecule has 0 fully saturated rings. The lowest BCUT2D eigenvalue weighted by Crippen LogP contribution is -2.27. The van der Waals surface area contributed by atoms with Gasteiger partial charge in [-0.2, -0.15) is 0 Å². The van der Waals surface area contributed by atoms with Crippen molar-refractivity contribution < 1.29 is 9.53 Å². The van der Waals surface area contributed by atoms with Gasteiger partial charge < -0.3 is 10.1 Å². The van der Waals surface area contributed by atoms with E-state index in [-0.39, 0.29) is 0 Å². The van der Waals surface area contributed by atoms with Crippen molar-refractivity contribution in [3.8, 4) is 0 Å². The van der Waals surface area contributed by atoms with E-state index in [0.29, 0.717) is 5.82 Å². The number of rotatable bonds is 3. The summed E-state index contributed by atoms with van der Waals surface area (Å²) in [6, 6.07) is 11.6. The summed E-state index contributed by atoms with van der Waals surface area (Å²) in [7, 11) is 0. The van der Waals surface area contributed by atoms with Crippen molar-refractivity contribution in [2.75, 3.05) is 10.6 Å². The fraction of sp³-hybridized carbons (Fsp3) is 0.294. The van der Waals surface area contributed by atoms with Crippen LogP contribution in [-0.4, -0.2) is 16.7 Å². The number of aromatic nitrogens is 1. The lowest BCUT2D eigenvalue weighted by Gasteiger charge is -2.19. The number of pyridine rings is 1. The topological polar surface area (TPSA) is 63.2 Å². The number of amides is 1. The zero-order valence-corrected chi connectivity index (χ0v) is 13.3. The molecule has 2 aromatic rings. The van der Waals surface area contributed by atoms with Gasteiger partial charge in [0.05, 0.1) is 11.9 Å². The Morgan fingerprint density at radius 3 is 2.50 bits per heavy atom. The Morgan fingerprint density at radius 1 is 1.14 bits per heavy atom. The zero-order chi connectivity index (χ0) is 16.2. The Kier molecular flexibility index (Phi) is 4.65. The summed E-state index contributed by atoms with van der Waals surface area (Å²) >= 11 is 0. The molecule has 0 saturated carbocycles. The predicted molar refractivity (Wildman–Crippen MR) is 88.6 cm³/mol. The maximum absolute atomic E-state index is 11.7. The molecule has 0 aliphatic rings. The number of carbonyl (C=O) groups is 1.